The largest absolute Gasteiger partial charge is 0.478 e. The van der Waals surface area contributed by atoms with Crippen molar-refractivity contribution in [2.75, 3.05) is 31.5 Å². The zero-order valence-electron chi connectivity index (χ0n) is 15.2. The van der Waals surface area contributed by atoms with Gasteiger partial charge >= 0.3 is 5.97 Å². The normalized spacial score (nSPS) is 11.5. The summed E-state index contributed by atoms with van der Waals surface area (Å²) < 4.78 is 27.6. The zero-order chi connectivity index (χ0) is 19.3. The first-order valence-electron chi connectivity index (χ1n) is 8.29. The van der Waals surface area contributed by atoms with Crippen LogP contribution in [0.4, 0.5) is 5.69 Å². The van der Waals surface area contributed by atoms with Crippen molar-refractivity contribution in [3.8, 4) is 0 Å². The number of nitrogens with zero attached hydrogens (tertiary/aromatic N) is 2. The average molecular weight is 376 g/mol. The number of hydrogen-bond donors (Lipinski definition) is 1. The molecule has 1 N–H and O–H groups in total. The van der Waals surface area contributed by atoms with Crippen LogP contribution in [0.15, 0.2) is 53.4 Å². The molecular weight excluding hydrogens is 352 g/mol. The molecule has 0 saturated heterocycles. The van der Waals surface area contributed by atoms with Gasteiger partial charge in [0.1, 0.15) is 0 Å². The molecule has 2 rings (SSSR count). The molecule has 0 aliphatic rings. The van der Waals surface area contributed by atoms with Gasteiger partial charge in [-0.2, -0.15) is 0 Å². The van der Waals surface area contributed by atoms with Crippen LogP contribution in [-0.2, 0) is 10.0 Å². The van der Waals surface area contributed by atoms with Gasteiger partial charge in [-0.05, 0) is 64.3 Å². The maximum Gasteiger partial charge on any atom is 0.335 e. The first-order valence-corrected chi connectivity index (χ1v) is 9.73. The van der Waals surface area contributed by atoms with Crippen LogP contribution in [0.2, 0.25) is 0 Å². The van der Waals surface area contributed by atoms with Gasteiger partial charge in [0.2, 0.25) is 0 Å². The molecule has 0 aliphatic heterocycles. The summed E-state index contributed by atoms with van der Waals surface area (Å²) in [7, 11) is 0.0516. The van der Waals surface area contributed by atoms with Crippen molar-refractivity contribution < 1.29 is 18.3 Å². The summed E-state index contributed by atoms with van der Waals surface area (Å²) in [6.45, 7) is 2.87. The number of benzene rings is 2. The van der Waals surface area contributed by atoms with E-state index in [1.807, 2.05) is 25.9 Å². The number of sulfonamides is 1. The highest BCUT2D eigenvalue weighted by molar-refractivity contribution is 7.92. The van der Waals surface area contributed by atoms with Gasteiger partial charge in [0.15, 0.2) is 0 Å². The highest BCUT2D eigenvalue weighted by Crippen LogP contribution is 2.25. The molecule has 0 spiro atoms. The molecule has 26 heavy (non-hydrogen) atoms. The highest BCUT2D eigenvalue weighted by atomic mass is 32.2. The number of rotatable bonds is 8. The van der Waals surface area contributed by atoms with E-state index in [4.69, 9.17) is 0 Å². The summed E-state index contributed by atoms with van der Waals surface area (Å²) >= 11 is 0. The van der Waals surface area contributed by atoms with E-state index in [9.17, 15) is 18.3 Å². The smallest absolute Gasteiger partial charge is 0.335 e. The third-order valence-corrected chi connectivity index (χ3v) is 5.80. The maximum absolute atomic E-state index is 13.2. The number of carbonyl (C=O) groups is 1. The Morgan fingerprint density at radius 2 is 1.69 bits per heavy atom. The molecule has 0 radical (unpaired) electrons. The fourth-order valence-electron chi connectivity index (χ4n) is 2.55. The van der Waals surface area contributed by atoms with Crippen LogP contribution in [0.1, 0.15) is 22.3 Å². The minimum absolute atomic E-state index is 0.0548. The second-order valence-corrected chi connectivity index (χ2v) is 8.26. The van der Waals surface area contributed by atoms with Crippen LogP contribution in [0, 0.1) is 6.92 Å². The van der Waals surface area contributed by atoms with Crippen molar-refractivity contribution in [1.82, 2.24) is 4.90 Å². The van der Waals surface area contributed by atoms with Gasteiger partial charge < -0.3 is 10.0 Å². The van der Waals surface area contributed by atoms with Gasteiger partial charge in [-0.25, -0.2) is 13.2 Å². The summed E-state index contributed by atoms with van der Waals surface area (Å²) in [4.78, 5) is 13.4. The molecule has 0 amide bonds. The van der Waals surface area contributed by atoms with Crippen molar-refractivity contribution >= 4 is 21.7 Å². The fraction of sp³-hybridized carbons (Fsp3) is 0.316. The van der Waals surface area contributed by atoms with Crippen molar-refractivity contribution in [2.24, 2.45) is 0 Å². The number of aryl methyl sites for hydroxylation is 1. The van der Waals surface area contributed by atoms with E-state index in [0.717, 1.165) is 12.1 Å². The molecule has 0 aromatic heterocycles. The van der Waals surface area contributed by atoms with Gasteiger partial charge in [-0.15, -0.1) is 0 Å². The topological polar surface area (TPSA) is 77.9 Å². The number of carboxylic acids is 1. The molecular formula is C19H24N2O4S. The molecule has 0 bridgehead atoms. The van der Waals surface area contributed by atoms with E-state index in [1.165, 1.54) is 16.4 Å². The predicted molar refractivity (Wildman–Crippen MR) is 102 cm³/mol. The number of hydrogen-bond acceptors (Lipinski definition) is 4. The van der Waals surface area contributed by atoms with E-state index >= 15 is 0 Å². The molecule has 0 fully saturated rings. The van der Waals surface area contributed by atoms with Crippen molar-refractivity contribution in [2.45, 2.75) is 18.2 Å². The van der Waals surface area contributed by atoms with Crippen LogP contribution < -0.4 is 4.31 Å². The lowest BCUT2D eigenvalue weighted by Crippen LogP contribution is -2.33. The molecule has 0 saturated carbocycles. The van der Waals surface area contributed by atoms with Gasteiger partial charge in [0.05, 0.1) is 16.1 Å². The second-order valence-electron chi connectivity index (χ2n) is 6.40. The lowest BCUT2D eigenvalue weighted by molar-refractivity contribution is 0.0697. The van der Waals surface area contributed by atoms with Gasteiger partial charge in [0.25, 0.3) is 10.0 Å². The predicted octanol–water partition coefficient (Wildman–Crippen LogP) is 2.84. The van der Waals surface area contributed by atoms with Gasteiger partial charge in [-0.3, -0.25) is 4.31 Å². The first kappa shape index (κ1) is 19.9. The number of anilines is 1. The van der Waals surface area contributed by atoms with Crippen LogP contribution >= 0.6 is 0 Å². The van der Waals surface area contributed by atoms with E-state index < -0.39 is 16.0 Å². The first-order chi connectivity index (χ1) is 12.2. The Labute approximate surface area is 154 Å². The van der Waals surface area contributed by atoms with Crippen LogP contribution in [0.25, 0.3) is 0 Å². The summed E-state index contributed by atoms with van der Waals surface area (Å²) in [6, 6.07) is 12.7. The van der Waals surface area contributed by atoms with E-state index in [1.54, 1.807) is 36.4 Å². The Morgan fingerprint density at radius 1 is 1.04 bits per heavy atom. The lowest BCUT2D eigenvalue weighted by Gasteiger charge is -2.25. The molecule has 0 atom stereocenters. The second kappa shape index (κ2) is 8.33. The maximum atomic E-state index is 13.2. The molecule has 0 aliphatic carbocycles. The molecule has 140 valence electrons. The van der Waals surface area contributed by atoms with Crippen molar-refractivity contribution in [3.05, 3.63) is 59.7 Å². The average Bonchev–Trinajstić information content (AvgIpc) is 2.58. The summed E-state index contributed by atoms with van der Waals surface area (Å²) in [5.74, 6) is -1.09. The van der Waals surface area contributed by atoms with Crippen molar-refractivity contribution in [3.63, 3.8) is 0 Å². The molecule has 2 aromatic rings. The van der Waals surface area contributed by atoms with Crippen molar-refractivity contribution in [1.29, 1.82) is 0 Å². The molecule has 0 heterocycles. The summed E-state index contributed by atoms with van der Waals surface area (Å²) in [5.41, 5.74) is 1.37. The Kier molecular flexibility index (Phi) is 6.39. The highest BCUT2D eigenvalue weighted by Gasteiger charge is 2.25. The Balaban J connectivity index is 2.44. The monoisotopic (exact) mass is 376 g/mol. The Hall–Kier alpha value is -2.38. The fourth-order valence-corrected chi connectivity index (χ4v) is 4.05. The molecule has 7 heteroatoms. The standard InChI is InChI=1S/C19H24N2O4S/c1-15-8-10-18(11-9-15)26(24,25)21(13-5-12-20(2)3)17-7-4-6-16(14-17)19(22)23/h4,6-11,14H,5,12-13H2,1-3H3,(H,22,23). The SMILES string of the molecule is Cc1ccc(S(=O)(=O)N(CCCN(C)C)c2cccc(C(=O)O)c2)cc1. The quantitative estimate of drug-likeness (QED) is 0.766. The van der Waals surface area contributed by atoms with Crippen LogP contribution in [0.3, 0.4) is 0 Å². The van der Waals surface area contributed by atoms with E-state index in [0.29, 0.717) is 12.1 Å². The minimum atomic E-state index is -3.79. The van der Waals surface area contributed by atoms with Gasteiger partial charge in [-0.1, -0.05) is 23.8 Å². The Morgan fingerprint density at radius 3 is 2.27 bits per heavy atom. The third kappa shape index (κ3) is 4.83. The van der Waals surface area contributed by atoms with Gasteiger partial charge in [0, 0.05) is 6.54 Å². The zero-order valence-corrected chi connectivity index (χ0v) is 16.0. The van der Waals surface area contributed by atoms with E-state index in [2.05, 4.69) is 0 Å². The lowest BCUT2D eigenvalue weighted by atomic mass is 10.2. The number of aromatic carboxylic acids is 1. The molecule has 2 aromatic carbocycles. The summed E-state index contributed by atoms with van der Waals surface area (Å²) in [6.07, 6.45) is 0.620. The third-order valence-electron chi connectivity index (χ3n) is 3.96. The van der Waals surface area contributed by atoms with E-state index in [-0.39, 0.29) is 17.0 Å². The number of carboxylic acid groups (broad SMARTS) is 1. The Bertz CT molecular complexity index is 861. The van der Waals surface area contributed by atoms with Crippen LogP contribution in [0.5, 0.6) is 0 Å². The van der Waals surface area contributed by atoms with Crippen LogP contribution in [-0.4, -0.2) is 51.6 Å². The molecule has 6 nitrogen and oxygen atoms in total. The summed E-state index contributed by atoms with van der Waals surface area (Å²) in [5, 5.41) is 9.22. The minimum Gasteiger partial charge on any atom is -0.478 e. The molecule has 0 unspecified atom stereocenters.